The standard InChI is InChI=1S/C23H30N4O4S2/c1-15-21(27(14-25-15)26-22(32-5)23(2,3)28)17-8-11-19(31-4)20(12-17)33(29,30)13-16-6-9-18(24)10-7-16/h6,8-12,14,16,28H,7,13,24H2,1-5H3/b26-22-. The van der Waals surface area contributed by atoms with Gasteiger partial charge in [0.1, 0.15) is 27.6 Å². The summed E-state index contributed by atoms with van der Waals surface area (Å²) in [6.07, 6.45) is 9.36. The van der Waals surface area contributed by atoms with E-state index in [9.17, 15) is 13.5 Å². The number of nitrogens with two attached hydrogens (primary N) is 1. The van der Waals surface area contributed by atoms with Gasteiger partial charge in [0.05, 0.1) is 24.3 Å². The highest BCUT2D eigenvalue weighted by molar-refractivity contribution is 8.13. The molecule has 0 radical (unpaired) electrons. The summed E-state index contributed by atoms with van der Waals surface area (Å²) in [4.78, 5) is 4.47. The van der Waals surface area contributed by atoms with Crippen LogP contribution in [0.15, 0.2) is 58.4 Å². The SMILES string of the molecule is COc1ccc(-c2c(C)ncn2/N=C(\SC)C(C)(C)O)cc1S(=O)(=O)CC1C=CC(N)=CC1. The molecule has 3 N–H and O–H groups in total. The van der Waals surface area contributed by atoms with Gasteiger partial charge in [-0.3, -0.25) is 0 Å². The Morgan fingerprint density at radius 3 is 2.73 bits per heavy atom. The molecule has 0 saturated carbocycles. The fraction of sp³-hybridized carbons (Fsp3) is 0.391. The third-order valence-corrected chi connectivity index (χ3v) is 8.09. The van der Waals surface area contributed by atoms with E-state index in [1.807, 2.05) is 25.3 Å². The molecule has 0 saturated heterocycles. The van der Waals surface area contributed by atoms with Gasteiger partial charge >= 0.3 is 0 Å². The largest absolute Gasteiger partial charge is 0.495 e. The van der Waals surface area contributed by atoms with Crippen molar-refractivity contribution < 1.29 is 18.3 Å². The quantitative estimate of drug-likeness (QED) is 0.451. The number of imidazole rings is 1. The van der Waals surface area contributed by atoms with Crippen molar-refractivity contribution >= 4 is 26.6 Å². The van der Waals surface area contributed by atoms with Gasteiger partial charge in [0.2, 0.25) is 0 Å². The molecule has 1 aliphatic carbocycles. The van der Waals surface area contributed by atoms with Gasteiger partial charge in [-0.25, -0.2) is 18.1 Å². The van der Waals surface area contributed by atoms with E-state index in [1.165, 1.54) is 18.9 Å². The van der Waals surface area contributed by atoms with E-state index in [1.54, 1.807) is 49.1 Å². The lowest BCUT2D eigenvalue weighted by Crippen LogP contribution is -2.29. The maximum Gasteiger partial charge on any atom is 0.182 e. The smallest absolute Gasteiger partial charge is 0.182 e. The molecule has 1 atom stereocenters. The Bertz CT molecular complexity index is 1220. The van der Waals surface area contributed by atoms with Gasteiger partial charge in [0.15, 0.2) is 9.84 Å². The second-order valence-electron chi connectivity index (χ2n) is 8.40. The first-order valence-electron chi connectivity index (χ1n) is 10.4. The molecule has 1 aliphatic rings. The minimum atomic E-state index is -3.67. The van der Waals surface area contributed by atoms with Crippen molar-refractivity contribution in [3.63, 3.8) is 0 Å². The van der Waals surface area contributed by atoms with Crippen LogP contribution >= 0.6 is 11.8 Å². The molecular formula is C23H30N4O4S2. The summed E-state index contributed by atoms with van der Waals surface area (Å²) in [6.45, 7) is 5.14. The average Bonchev–Trinajstić information content (AvgIpc) is 3.12. The predicted molar refractivity (Wildman–Crippen MR) is 133 cm³/mol. The van der Waals surface area contributed by atoms with Crippen molar-refractivity contribution in [2.45, 2.75) is 37.7 Å². The summed E-state index contributed by atoms with van der Waals surface area (Å²) >= 11 is 1.33. The Hall–Kier alpha value is -2.56. The first-order valence-corrected chi connectivity index (χ1v) is 13.3. The average molecular weight is 491 g/mol. The van der Waals surface area contributed by atoms with Crippen molar-refractivity contribution in [3.05, 3.63) is 54.1 Å². The number of benzene rings is 1. The van der Waals surface area contributed by atoms with Crippen LogP contribution in [0.2, 0.25) is 0 Å². The number of hydrogen-bond acceptors (Lipinski definition) is 8. The zero-order chi connectivity index (χ0) is 24.4. The predicted octanol–water partition coefficient (Wildman–Crippen LogP) is 3.36. The van der Waals surface area contributed by atoms with Crippen LogP contribution < -0.4 is 10.5 Å². The highest BCUT2D eigenvalue weighted by Crippen LogP contribution is 2.33. The van der Waals surface area contributed by atoms with Crippen LogP contribution in [-0.4, -0.2) is 52.9 Å². The number of aromatic nitrogens is 2. The monoisotopic (exact) mass is 490 g/mol. The minimum absolute atomic E-state index is 0.0567. The minimum Gasteiger partial charge on any atom is -0.495 e. The fourth-order valence-corrected chi connectivity index (χ4v) is 6.02. The number of nitrogens with zero attached hydrogens (tertiary/aromatic N) is 3. The van der Waals surface area contributed by atoms with Gasteiger partial charge < -0.3 is 15.6 Å². The molecule has 10 heteroatoms. The Morgan fingerprint density at radius 2 is 2.15 bits per heavy atom. The van der Waals surface area contributed by atoms with E-state index >= 15 is 0 Å². The van der Waals surface area contributed by atoms with Gasteiger partial charge in [0, 0.05) is 11.3 Å². The number of hydrogen-bond donors (Lipinski definition) is 2. The molecule has 0 bridgehead atoms. The lowest BCUT2D eigenvalue weighted by atomic mass is 10.0. The molecule has 0 aliphatic heterocycles. The second-order valence-corrected chi connectivity index (χ2v) is 11.2. The second kappa shape index (κ2) is 9.74. The molecule has 3 rings (SSSR count). The molecule has 178 valence electrons. The Morgan fingerprint density at radius 1 is 1.42 bits per heavy atom. The van der Waals surface area contributed by atoms with Crippen LogP contribution in [0, 0.1) is 12.8 Å². The Balaban J connectivity index is 2.06. The molecule has 0 spiro atoms. The number of methoxy groups -OCH3 is 1. The van der Waals surface area contributed by atoms with Crippen LogP contribution in [0.1, 0.15) is 26.0 Å². The van der Waals surface area contributed by atoms with Gasteiger partial charge in [-0.15, -0.1) is 11.8 Å². The number of allylic oxidation sites excluding steroid dienone is 3. The van der Waals surface area contributed by atoms with E-state index in [2.05, 4.69) is 10.1 Å². The summed E-state index contributed by atoms with van der Waals surface area (Å²) in [5, 5.41) is 15.5. The van der Waals surface area contributed by atoms with E-state index in [4.69, 9.17) is 10.5 Å². The number of thioether (sulfide) groups is 1. The van der Waals surface area contributed by atoms with Crippen molar-refractivity contribution in [1.29, 1.82) is 0 Å². The van der Waals surface area contributed by atoms with Crippen molar-refractivity contribution in [2.24, 2.45) is 16.8 Å². The van der Waals surface area contributed by atoms with E-state index < -0.39 is 15.4 Å². The van der Waals surface area contributed by atoms with E-state index in [-0.39, 0.29) is 22.3 Å². The fourth-order valence-electron chi connectivity index (χ4n) is 3.60. The third-order valence-electron chi connectivity index (χ3n) is 5.27. The number of sulfone groups is 1. The van der Waals surface area contributed by atoms with Crippen LogP contribution in [0.4, 0.5) is 0 Å². The zero-order valence-electron chi connectivity index (χ0n) is 19.4. The normalized spacial score (nSPS) is 17.2. The molecule has 8 nitrogen and oxygen atoms in total. The lowest BCUT2D eigenvalue weighted by Gasteiger charge is -2.19. The molecule has 1 unspecified atom stereocenters. The van der Waals surface area contributed by atoms with Crippen molar-refractivity contribution in [2.75, 3.05) is 19.1 Å². The number of rotatable bonds is 7. The van der Waals surface area contributed by atoms with Crippen LogP contribution in [-0.2, 0) is 9.84 Å². The van der Waals surface area contributed by atoms with Crippen molar-refractivity contribution in [3.8, 4) is 17.0 Å². The number of aliphatic hydroxyl groups is 1. The van der Waals surface area contributed by atoms with Gasteiger partial charge in [-0.05, 0) is 63.6 Å². The Kier molecular flexibility index (Phi) is 7.40. The highest BCUT2D eigenvalue weighted by atomic mass is 32.2. The molecular weight excluding hydrogens is 460 g/mol. The maximum absolute atomic E-state index is 13.4. The molecule has 0 fully saturated rings. The summed E-state index contributed by atoms with van der Waals surface area (Å²) < 4.78 is 33.7. The summed E-state index contributed by atoms with van der Waals surface area (Å²) in [5.41, 5.74) is 7.22. The first kappa shape index (κ1) is 25.1. The molecule has 1 heterocycles. The Labute approximate surface area is 199 Å². The van der Waals surface area contributed by atoms with E-state index in [0.717, 1.165) is 0 Å². The summed E-state index contributed by atoms with van der Waals surface area (Å²) in [5.74, 6) is 0.0595. The third kappa shape index (κ3) is 5.69. The molecule has 0 amide bonds. The van der Waals surface area contributed by atoms with Crippen LogP contribution in [0.25, 0.3) is 11.3 Å². The number of aryl methyl sites for hydroxylation is 1. The maximum atomic E-state index is 13.4. The van der Waals surface area contributed by atoms with Crippen molar-refractivity contribution in [1.82, 2.24) is 9.66 Å². The molecule has 33 heavy (non-hydrogen) atoms. The van der Waals surface area contributed by atoms with Gasteiger partial charge in [0.25, 0.3) is 0 Å². The highest BCUT2D eigenvalue weighted by Gasteiger charge is 2.26. The number of ether oxygens (including phenoxy) is 1. The topological polar surface area (TPSA) is 120 Å². The van der Waals surface area contributed by atoms with Gasteiger partial charge in [-0.1, -0.05) is 12.2 Å². The summed E-state index contributed by atoms with van der Waals surface area (Å²) in [6, 6.07) is 5.02. The van der Waals surface area contributed by atoms with Crippen LogP contribution in [0.3, 0.4) is 0 Å². The zero-order valence-corrected chi connectivity index (χ0v) is 21.1. The van der Waals surface area contributed by atoms with Crippen LogP contribution in [0.5, 0.6) is 5.75 Å². The molecule has 1 aromatic heterocycles. The van der Waals surface area contributed by atoms with Gasteiger partial charge in [-0.2, -0.15) is 5.10 Å². The lowest BCUT2D eigenvalue weighted by molar-refractivity contribution is 0.157. The molecule has 1 aromatic carbocycles. The first-order chi connectivity index (χ1) is 15.5. The summed E-state index contributed by atoms with van der Waals surface area (Å²) in [7, 11) is -2.22. The van der Waals surface area contributed by atoms with E-state index in [0.29, 0.717) is 34.1 Å². The molecule has 2 aromatic rings.